The predicted octanol–water partition coefficient (Wildman–Crippen LogP) is 8.39. The summed E-state index contributed by atoms with van der Waals surface area (Å²) in [6.45, 7) is 5.43. The van der Waals surface area contributed by atoms with E-state index in [0.717, 1.165) is 91.9 Å². The van der Waals surface area contributed by atoms with Crippen LogP contribution in [0.3, 0.4) is 0 Å². The van der Waals surface area contributed by atoms with E-state index in [4.69, 9.17) is 30.9 Å². The summed E-state index contributed by atoms with van der Waals surface area (Å²) in [7, 11) is 0. The Hall–Kier alpha value is -6.26. The van der Waals surface area contributed by atoms with Crippen LogP contribution < -0.4 is 11.5 Å². The molecule has 0 unspecified atom stereocenters. The summed E-state index contributed by atoms with van der Waals surface area (Å²) < 4.78 is 10.7. The van der Waals surface area contributed by atoms with Crippen LogP contribution in [0.5, 0.6) is 0 Å². The van der Waals surface area contributed by atoms with Crippen LogP contribution in [-0.4, -0.2) is 79.0 Å². The number of rotatable bonds is 15. The lowest BCUT2D eigenvalue weighted by atomic mass is 9.92. The Bertz CT molecular complexity index is 2520. The number of nitrogens with two attached hydrogens (primary N) is 2. The minimum Gasteiger partial charge on any atom is -0.445 e. The number of benzene rings is 2. The highest BCUT2D eigenvalue weighted by Crippen LogP contribution is 2.37. The van der Waals surface area contributed by atoms with Gasteiger partial charge in [-0.15, -0.1) is 22.7 Å². The van der Waals surface area contributed by atoms with Crippen LogP contribution in [0.15, 0.2) is 83.8 Å². The number of carbonyl (C=O) groups is 4. The second-order valence-electron chi connectivity index (χ2n) is 15.9. The average Bonchev–Trinajstić information content (AvgIpc) is 4.09. The molecule has 2 aliphatic rings. The van der Waals surface area contributed by atoms with E-state index in [0.29, 0.717) is 25.9 Å². The lowest BCUT2D eigenvalue weighted by Crippen LogP contribution is -2.36. The first-order chi connectivity index (χ1) is 30.0. The van der Waals surface area contributed by atoms with E-state index in [2.05, 4.69) is 60.2 Å². The Morgan fingerprint density at radius 2 is 1.15 bits per heavy atom. The molecule has 0 spiro atoms. The summed E-state index contributed by atoms with van der Waals surface area (Å²) >= 11 is 3.10. The summed E-state index contributed by atoms with van der Waals surface area (Å²) in [5, 5.41) is 3.90. The molecule has 0 saturated carbocycles. The van der Waals surface area contributed by atoms with E-state index in [1.54, 1.807) is 22.7 Å². The van der Waals surface area contributed by atoms with E-state index >= 15 is 0 Å². The largest absolute Gasteiger partial charge is 0.445 e. The van der Waals surface area contributed by atoms with Crippen molar-refractivity contribution in [1.29, 1.82) is 0 Å². The molecule has 4 atom stereocenters. The van der Waals surface area contributed by atoms with Gasteiger partial charge in [0.2, 0.25) is 11.8 Å². The molecule has 2 aromatic carbocycles. The number of nitrogens with zero attached hydrogens (tertiary/aromatic N) is 4. The fraction of sp³-hybridized carbons (Fsp3) is 0.348. The van der Waals surface area contributed by atoms with Crippen LogP contribution in [0.4, 0.5) is 9.59 Å². The minimum absolute atomic E-state index is 0.0473. The maximum Gasteiger partial charge on any atom is 0.404 e. The molecule has 6 aromatic rings. The molecule has 0 aliphatic carbocycles. The number of hydrogen-bond acceptors (Lipinski definition) is 10. The highest BCUT2D eigenvalue weighted by atomic mass is 32.1. The summed E-state index contributed by atoms with van der Waals surface area (Å²) in [4.78, 5) is 72.6. The van der Waals surface area contributed by atoms with E-state index < -0.39 is 24.4 Å². The van der Waals surface area contributed by atoms with Crippen molar-refractivity contribution in [2.75, 3.05) is 13.1 Å². The van der Waals surface area contributed by atoms with E-state index in [9.17, 15) is 19.2 Å². The van der Waals surface area contributed by atoms with Gasteiger partial charge in [-0.25, -0.2) is 19.6 Å². The molecule has 322 valence electrons. The molecule has 14 nitrogen and oxygen atoms in total. The minimum atomic E-state index is -0.889. The van der Waals surface area contributed by atoms with Gasteiger partial charge in [-0.3, -0.25) is 9.59 Å². The first-order valence-corrected chi connectivity index (χ1v) is 22.6. The summed E-state index contributed by atoms with van der Waals surface area (Å²) in [6, 6.07) is 19.9. The fourth-order valence-corrected chi connectivity index (χ4v) is 10.4. The lowest BCUT2D eigenvalue weighted by molar-refractivity contribution is -0.135. The van der Waals surface area contributed by atoms with E-state index in [1.807, 2.05) is 57.2 Å². The van der Waals surface area contributed by atoms with Crippen molar-refractivity contribution in [3.05, 3.63) is 116 Å². The van der Waals surface area contributed by atoms with Gasteiger partial charge >= 0.3 is 12.2 Å². The van der Waals surface area contributed by atoms with Crippen molar-refractivity contribution in [3.63, 3.8) is 0 Å². The molecule has 4 amide bonds. The number of carbonyl (C=O) groups excluding carboxylic acids is 4. The monoisotopic (exact) mass is 874 g/mol. The second-order valence-corrected chi connectivity index (χ2v) is 18.0. The molecule has 2 aliphatic heterocycles. The predicted molar refractivity (Wildman–Crippen MR) is 238 cm³/mol. The van der Waals surface area contributed by atoms with Gasteiger partial charge in [-0.1, -0.05) is 48.5 Å². The quantitative estimate of drug-likeness (QED) is 0.0787. The van der Waals surface area contributed by atoms with E-state index in [1.165, 1.54) is 0 Å². The van der Waals surface area contributed by atoms with Crippen LogP contribution in [-0.2, 0) is 31.9 Å². The molecule has 0 radical (unpaired) electrons. The van der Waals surface area contributed by atoms with Crippen LogP contribution in [0.2, 0.25) is 0 Å². The number of likely N-dealkylation sites (tertiary alicyclic amines) is 2. The fourth-order valence-electron chi connectivity index (χ4n) is 8.82. The van der Waals surface area contributed by atoms with Crippen LogP contribution >= 0.6 is 22.7 Å². The Labute approximate surface area is 367 Å². The molecule has 6 N–H and O–H groups in total. The first kappa shape index (κ1) is 42.4. The molecule has 0 bridgehead atoms. The lowest BCUT2D eigenvalue weighted by Gasteiger charge is -2.25. The molecular weight excluding hydrogens is 825 g/mol. The second kappa shape index (κ2) is 18.8. The maximum atomic E-state index is 13.6. The smallest absolute Gasteiger partial charge is 0.404 e. The van der Waals surface area contributed by atoms with Crippen LogP contribution in [0, 0.1) is 13.8 Å². The molecule has 2 saturated heterocycles. The average molecular weight is 875 g/mol. The van der Waals surface area contributed by atoms with Gasteiger partial charge < -0.3 is 40.7 Å². The van der Waals surface area contributed by atoms with Gasteiger partial charge in [-0.2, -0.15) is 0 Å². The SMILES string of the molecule is Cc1c(-c2ccc(-c3cnc([C@@H]4CCCN4C(=O)C[C@H](Cc4cccs4)OC(N)=O)[nH]3)cc2)ccc(-c2cnc([C@@H]3CCCN3C(=O)C[C@H](Cc3cccs3)OC(N)=O)[nH]2)c1C. The summed E-state index contributed by atoms with van der Waals surface area (Å²) in [6.07, 6.45) is 4.81. The number of ether oxygens (including phenoxy) is 2. The van der Waals surface area contributed by atoms with Crippen LogP contribution in [0.1, 0.15) is 83.1 Å². The van der Waals surface area contributed by atoms with Crippen molar-refractivity contribution >= 4 is 46.7 Å². The number of thiophene rings is 2. The van der Waals surface area contributed by atoms with Crippen molar-refractivity contribution in [2.24, 2.45) is 11.5 Å². The third-order valence-electron chi connectivity index (χ3n) is 11.9. The standard InChI is InChI=1S/C46H50N8O6S2/c1-27-28(2)36(38-26-50-44(52-38)40-10-4-18-54(40)42(56)24-32(60-46(48)58)22-34-8-6-20-62-34)16-15-35(27)29-11-13-30(14-12-29)37-25-49-43(51-37)39-9-3-17-53(39)41(55)23-31(59-45(47)57)21-33-7-5-19-61-33/h5-8,11-16,19-20,25-26,31-32,39-40H,3-4,9-10,17-18,21-24H2,1-2H3,(H2,47,57)(H2,48,58)(H,49,51)(H,50,52)/t31-,32-,39-,40-/m0/s1. The zero-order valence-electron chi connectivity index (χ0n) is 34.7. The number of nitrogens with one attached hydrogen (secondary N) is 2. The zero-order chi connectivity index (χ0) is 43.3. The topological polar surface area (TPSA) is 203 Å². The zero-order valence-corrected chi connectivity index (χ0v) is 36.3. The van der Waals surface area contributed by atoms with Crippen molar-refractivity contribution < 1.29 is 28.7 Å². The molecule has 4 aromatic heterocycles. The number of primary amides is 2. The Kier molecular flexibility index (Phi) is 12.9. The van der Waals surface area contributed by atoms with Gasteiger partial charge in [0.15, 0.2) is 0 Å². The molecular formula is C46H50N8O6S2. The molecule has 8 rings (SSSR count). The van der Waals surface area contributed by atoms with Crippen molar-refractivity contribution in [2.45, 2.75) is 89.5 Å². The highest BCUT2D eigenvalue weighted by Gasteiger charge is 2.35. The number of H-pyrrole nitrogens is 2. The summed E-state index contributed by atoms with van der Waals surface area (Å²) in [5.41, 5.74) is 18.9. The number of aromatic amines is 2. The molecule has 2 fully saturated rings. The summed E-state index contributed by atoms with van der Waals surface area (Å²) in [5.74, 6) is 1.26. The van der Waals surface area contributed by atoms with Gasteiger partial charge in [0.25, 0.3) is 0 Å². The molecule has 6 heterocycles. The normalized spacial score (nSPS) is 17.3. The molecule has 16 heteroatoms. The Morgan fingerprint density at radius 1 is 0.677 bits per heavy atom. The number of imidazole rings is 2. The third-order valence-corrected chi connectivity index (χ3v) is 13.7. The van der Waals surface area contributed by atoms with Gasteiger partial charge in [0.05, 0.1) is 48.7 Å². The number of hydrogen-bond donors (Lipinski definition) is 4. The maximum absolute atomic E-state index is 13.6. The number of amides is 4. The van der Waals surface area contributed by atoms with Gasteiger partial charge in [0.1, 0.15) is 23.9 Å². The first-order valence-electron chi connectivity index (χ1n) is 20.9. The van der Waals surface area contributed by atoms with Crippen molar-refractivity contribution in [1.82, 2.24) is 29.7 Å². The van der Waals surface area contributed by atoms with Gasteiger partial charge in [0, 0.05) is 41.2 Å². The highest BCUT2D eigenvalue weighted by molar-refractivity contribution is 7.10. The van der Waals surface area contributed by atoms with Gasteiger partial charge in [-0.05, 0) is 90.2 Å². The Morgan fingerprint density at radius 3 is 1.65 bits per heavy atom. The third kappa shape index (κ3) is 9.61. The van der Waals surface area contributed by atoms with Crippen LogP contribution in [0.25, 0.3) is 33.6 Å². The molecule has 62 heavy (non-hydrogen) atoms. The number of aromatic nitrogens is 4. The Balaban J connectivity index is 0.918. The van der Waals surface area contributed by atoms with E-state index in [-0.39, 0.29) is 36.7 Å². The van der Waals surface area contributed by atoms with Crippen molar-refractivity contribution in [3.8, 4) is 33.6 Å².